The van der Waals surface area contributed by atoms with E-state index in [9.17, 15) is 9.59 Å². The Morgan fingerprint density at radius 2 is 2.00 bits per heavy atom. The van der Waals surface area contributed by atoms with Gasteiger partial charge in [-0.25, -0.2) is 0 Å². The number of carboxylic acids is 2. The molecule has 0 saturated carbocycles. The van der Waals surface area contributed by atoms with E-state index in [1.54, 1.807) is 7.05 Å². The Labute approximate surface area is 70.4 Å². The highest BCUT2D eigenvalue weighted by molar-refractivity contribution is 5.77. The molecule has 0 aliphatic carbocycles. The largest absolute Gasteiger partial charge is 0.481 e. The molecule has 0 aromatic carbocycles. The summed E-state index contributed by atoms with van der Waals surface area (Å²) in [4.78, 5) is 20.6. The van der Waals surface area contributed by atoms with E-state index in [0.717, 1.165) is 0 Å². The van der Waals surface area contributed by atoms with E-state index in [1.807, 2.05) is 0 Å². The van der Waals surface area contributed by atoms with Gasteiger partial charge < -0.3 is 15.5 Å². The Morgan fingerprint density at radius 1 is 1.42 bits per heavy atom. The molecule has 70 valence electrons. The summed E-state index contributed by atoms with van der Waals surface area (Å²) < 4.78 is 0. The summed E-state index contributed by atoms with van der Waals surface area (Å²) in [7, 11) is 1.69. The first-order valence-corrected chi connectivity index (χ1v) is 3.67. The minimum atomic E-state index is -1.07. The van der Waals surface area contributed by atoms with Crippen LogP contribution in [0.1, 0.15) is 12.8 Å². The normalized spacial score (nSPS) is 12.4. The zero-order chi connectivity index (χ0) is 9.56. The van der Waals surface area contributed by atoms with Crippen LogP contribution in [0.25, 0.3) is 0 Å². The molecule has 1 unspecified atom stereocenters. The number of carboxylic acid groups (broad SMARTS) is 2. The molecule has 0 saturated heterocycles. The molecule has 1 atom stereocenters. The van der Waals surface area contributed by atoms with Crippen LogP contribution in [0.5, 0.6) is 0 Å². The van der Waals surface area contributed by atoms with Crippen LogP contribution in [0, 0.1) is 5.92 Å². The van der Waals surface area contributed by atoms with Crippen molar-refractivity contribution in [3.05, 3.63) is 0 Å². The summed E-state index contributed by atoms with van der Waals surface area (Å²) in [6, 6.07) is 0. The van der Waals surface area contributed by atoms with E-state index in [-0.39, 0.29) is 6.42 Å². The third-order valence-corrected chi connectivity index (χ3v) is 1.51. The fraction of sp³-hybridized carbons (Fsp3) is 0.714. The average molecular weight is 175 g/mol. The first-order valence-electron chi connectivity index (χ1n) is 3.67. The third-order valence-electron chi connectivity index (χ3n) is 1.51. The maximum Gasteiger partial charge on any atom is 0.307 e. The number of carbonyl (C=O) groups is 2. The fourth-order valence-electron chi connectivity index (χ4n) is 0.842. The standard InChI is InChI=1S/C7H13NO4/c1-8-3-2-5(7(11)12)4-6(9)10/h5,8H,2-4H2,1H3,(H,9,10)(H,11,12). The number of rotatable bonds is 6. The van der Waals surface area contributed by atoms with E-state index >= 15 is 0 Å². The lowest BCUT2D eigenvalue weighted by atomic mass is 10.0. The molecular weight excluding hydrogens is 162 g/mol. The monoisotopic (exact) mass is 175 g/mol. The van der Waals surface area contributed by atoms with Gasteiger partial charge in [0.2, 0.25) is 0 Å². The van der Waals surface area contributed by atoms with Crippen molar-refractivity contribution in [3.8, 4) is 0 Å². The Bertz CT molecular complexity index is 169. The van der Waals surface area contributed by atoms with Crippen LogP contribution in [0.15, 0.2) is 0 Å². The second-order valence-corrected chi connectivity index (χ2v) is 2.53. The lowest BCUT2D eigenvalue weighted by Crippen LogP contribution is -2.22. The maximum atomic E-state index is 10.4. The van der Waals surface area contributed by atoms with Crippen LogP contribution in [0.4, 0.5) is 0 Å². The van der Waals surface area contributed by atoms with Crippen molar-refractivity contribution < 1.29 is 19.8 Å². The fourth-order valence-corrected chi connectivity index (χ4v) is 0.842. The highest BCUT2D eigenvalue weighted by atomic mass is 16.4. The SMILES string of the molecule is CNCCC(CC(=O)O)C(=O)O. The van der Waals surface area contributed by atoms with Gasteiger partial charge in [0.05, 0.1) is 12.3 Å². The van der Waals surface area contributed by atoms with Gasteiger partial charge in [-0.15, -0.1) is 0 Å². The molecule has 0 aromatic rings. The van der Waals surface area contributed by atoms with E-state index in [1.165, 1.54) is 0 Å². The van der Waals surface area contributed by atoms with Gasteiger partial charge >= 0.3 is 11.9 Å². The first kappa shape index (κ1) is 10.9. The predicted molar refractivity (Wildman–Crippen MR) is 41.9 cm³/mol. The van der Waals surface area contributed by atoms with Crippen LogP contribution < -0.4 is 5.32 Å². The average Bonchev–Trinajstić information content (AvgIpc) is 1.96. The van der Waals surface area contributed by atoms with Crippen LogP contribution in [0.2, 0.25) is 0 Å². The summed E-state index contributed by atoms with van der Waals surface area (Å²) in [5, 5.41) is 19.7. The molecule has 5 heteroatoms. The molecule has 12 heavy (non-hydrogen) atoms. The van der Waals surface area contributed by atoms with Crippen LogP contribution >= 0.6 is 0 Å². The quantitative estimate of drug-likeness (QED) is 0.519. The molecule has 0 aromatic heterocycles. The Kier molecular flexibility index (Phi) is 5.03. The molecule has 0 fully saturated rings. The van der Waals surface area contributed by atoms with Gasteiger partial charge in [0, 0.05) is 0 Å². The lowest BCUT2D eigenvalue weighted by Gasteiger charge is -2.08. The first-order chi connectivity index (χ1) is 5.57. The molecule has 0 rings (SSSR count). The second-order valence-electron chi connectivity index (χ2n) is 2.53. The van der Waals surface area contributed by atoms with E-state index in [2.05, 4.69) is 5.32 Å². The minimum Gasteiger partial charge on any atom is -0.481 e. The molecule has 0 bridgehead atoms. The molecule has 0 spiro atoms. The van der Waals surface area contributed by atoms with Gasteiger partial charge in [-0.1, -0.05) is 0 Å². The molecule has 0 radical (unpaired) electrons. The highest BCUT2D eigenvalue weighted by Gasteiger charge is 2.19. The topological polar surface area (TPSA) is 86.6 Å². The van der Waals surface area contributed by atoms with Crippen LogP contribution in [0.3, 0.4) is 0 Å². The maximum absolute atomic E-state index is 10.4. The molecule has 0 heterocycles. The van der Waals surface area contributed by atoms with Crippen molar-refractivity contribution in [1.82, 2.24) is 5.32 Å². The highest BCUT2D eigenvalue weighted by Crippen LogP contribution is 2.07. The minimum absolute atomic E-state index is 0.309. The number of hydrogen-bond acceptors (Lipinski definition) is 3. The summed E-state index contributed by atoms with van der Waals surface area (Å²) in [5.41, 5.74) is 0. The Hall–Kier alpha value is -1.10. The molecule has 0 amide bonds. The van der Waals surface area contributed by atoms with Crippen LogP contribution in [-0.2, 0) is 9.59 Å². The van der Waals surface area contributed by atoms with E-state index in [0.29, 0.717) is 13.0 Å². The predicted octanol–water partition coefficient (Wildman–Crippen LogP) is -0.229. The molecular formula is C7H13NO4. The van der Waals surface area contributed by atoms with Gasteiger partial charge in [-0.2, -0.15) is 0 Å². The molecule has 0 aliphatic heterocycles. The summed E-state index contributed by atoms with van der Waals surface area (Å²) in [5.74, 6) is -2.90. The Balaban J connectivity index is 3.87. The smallest absolute Gasteiger partial charge is 0.307 e. The van der Waals surface area contributed by atoms with Gasteiger partial charge in [0.1, 0.15) is 0 Å². The molecule has 5 nitrogen and oxygen atoms in total. The number of hydrogen-bond donors (Lipinski definition) is 3. The van der Waals surface area contributed by atoms with Gasteiger partial charge in [-0.3, -0.25) is 9.59 Å². The molecule has 0 aliphatic rings. The van der Waals surface area contributed by atoms with E-state index < -0.39 is 17.9 Å². The van der Waals surface area contributed by atoms with Crippen molar-refractivity contribution >= 4 is 11.9 Å². The number of nitrogens with one attached hydrogen (secondary N) is 1. The van der Waals surface area contributed by atoms with Gasteiger partial charge in [0.15, 0.2) is 0 Å². The van der Waals surface area contributed by atoms with Crippen molar-refractivity contribution in [1.29, 1.82) is 0 Å². The van der Waals surface area contributed by atoms with E-state index in [4.69, 9.17) is 10.2 Å². The Morgan fingerprint density at radius 3 is 2.33 bits per heavy atom. The summed E-state index contributed by atoms with van der Waals surface area (Å²) in [6.07, 6.45) is 0.0369. The van der Waals surface area contributed by atoms with Crippen molar-refractivity contribution in [2.24, 2.45) is 5.92 Å². The zero-order valence-corrected chi connectivity index (χ0v) is 6.91. The summed E-state index contributed by atoms with van der Waals surface area (Å²) >= 11 is 0. The second kappa shape index (κ2) is 5.54. The summed E-state index contributed by atoms with van der Waals surface area (Å²) in [6.45, 7) is 0.518. The molecule has 3 N–H and O–H groups in total. The van der Waals surface area contributed by atoms with Crippen molar-refractivity contribution in [3.63, 3.8) is 0 Å². The lowest BCUT2D eigenvalue weighted by molar-refractivity contribution is -0.148. The van der Waals surface area contributed by atoms with Gasteiger partial charge in [-0.05, 0) is 20.0 Å². The van der Waals surface area contributed by atoms with Gasteiger partial charge in [0.25, 0.3) is 0 Å². The van der Waals surface area contributed by atoms with Crippen LogP contribution in [-0.4, -0.2) is 35.7 Å². The zero-order valence-electron chi connectivity index (χ0n) is 6.91. The third kappa shape index (κ3) is 4.68. The number of aliphatic carboxylic acids is 2. The van der Waals surface area contributed by atoms with Crippen molar-refractivity contribution in [2.45, 2.75) is 12.8 Å². The van der Waals surface area contributed by atoms with Crippen molar-refractivity contribution in [2.75, 3.05) is 13.6 Å².